The molecule has 0 atom stereocenters. The number of alkyl halides is 3. The van der Waals surface area contributed by atoms with E-state index in [0.717, 1.165) is 31.2 Å². The van der Waals surface area contributed by atoms with Gasteiger partial charge in [-0.05, 0) is 42.5 Å². The lowest BCUT2D eigenvalue weighted by atomic mass is 10.1. The van der Waals surface area contributed by atoms with Crippen molar-refractivity contribution < 1.29 is 27.4 Å². The van der Waals surface area contributed by atoms with Gasteiger partial charge in [0.05, 0.1) is 12.2 Å². The van der Waals surface area contributed by atoms with Crippen LogP contribution in [-0.4, -0.2) is 18.9 Å². The highest BCUT2D eigenvalue weighted by atomic mass is 19.3. The summed E-state index contributed by atoms with van der Waals surface area (Å²) in [6, 6.07) is 14.3. The van der Waals surface area contributed by atoms with Gasteiger partial charge in [-0.3, -0.25) is 4.39 Å². The van der Waals surface area contributed by atoms with Crippen molar-refractivity contribution in [2.75, 3.05) is 6.67 Å². The van der Waals surface area contributed by atoms with E-state index < -0.39 is 12.3 Å². The number of aryl methyl sites for hydroxylation is 1. The lowest BCUT2D eigenvalue weighted by Crippen LogP contribution is -2.31. The Morgan fingerprint density at radius 3 is 2.21 bits per heavy atom. The van der Waals surface area contributed by atoms with Gasteiger partial charge in [0.25, 0.3) is 0 Å². The second-order valence-corrected chi connectivity index (χ2v) is 6.30. The van der Waals surface area contributed by atoms with E-state index in [1.807, 2.05) is 0 Å². The van der Waals surface area contributed by atoms with Crippen molar-refractivity contribution in [1.82, 2.24) is 0 Å². The maximum atomic E-state index is 13.9. The van der Waals surface area contributed by atoms with Crippen molar-refractivity contribution in [2.24, 2.45) is 0 Å². The SMILES string of the molecule is C=C(C(=O)OC(F)(F)Oc1ccc(CCCCCCF)cc1)c1ccccc1. The molecule has 0 bridgehead atoms. The zero-order valence-corrected chi connectivity index (χ0v) is 15.5. The van der Waals surface area contributed by atoms with Crippen LogP contribution in [0.25, 0.3) is 5.57 Å². The number of esters is 1. The van der Waals surface area contributed by atoms with Crippen molar-refractivity contribution in [3.05, 3.63) is 72.3 Å². The highest BCUT2D eigenvalue weighted by molar-refractivity contribution is 6.15. The predicted octanol–water partition coefficient (Wildman–Crippen LogP) is 5.94. The molecule has 2 aromatic rings. The van der Waals surface area contributed by atoms with Crippen molar-refractivity contribution in [1.29, 1.82) is 0 Å². The minimum absolute atomic E-state index is 0.121. The summed E-state index contributed by atoms with van der Waals surface area (Å²) >= 11 is 0. The molecule has 3 nitrogen and oxygen atoms in total. The first-order valence-electron chi connectivity index (χ1n) is 9.11. The van der Waals surface area contributed by atoms with Crippen LogP contribution in [0.4, 0.5) is 13.2 Å². The van der Waals surface area contributed by atoms with E-state index in [0.29, 0.717) is 12.0 Å². The second-order valence-electron chi connectivity index (χ2n) is 6.30. The number of carbonyl (C=O) groups is 1. The van der Waals surface area contributed by atoms with Gasteiger partial charge < -0.3 is 9.47 Å². The Labute approximate surface area is 162 Å². The summed E-state index contributed by atoms with van der Waals surface area (Å²) in [5.74, 6) is -1.38. The summed E-state index contributed by atoms with van der Waals surface area (Å²) in [4.78, 5) is 11.9. The number of rotatable bonds is 11. The first kappa shape index (κ1) is 21.5. The Morgan fingerprint density at radius 1 is 0.929 bits per heavy atom. The quantitative estimate of drug-likeness (QED) is 0.205. The molecule has 0 unspecified atom stereocenters. The van der Waals surface area contributed by atoms with Crippen LogP contribution in [0.3, 0.4) is 0 Å². The van der Waals surface area contributed by atoms with Crippen molar-refractivity contribution in [2.45, 2.75) is 38.4 Å². The molecule has 0 fully saturated rings. The summed E-state index contributed by atoms with van der Waals surface area (Å²) in [7, 11) is 0. The third-order valence-electron chi connectivity index (χ3n) is 4.09. The van der Waals surface area contributed by atoms with E-state index in [1.54, 1.807) is 42.5 Å². The molecule has 0 N–H and O–H groups in total. The van der Waals surface area contributed by atoms with Crippen LogP contribution in [-0.2, 0) is 16.0 Å². The molecule has 6 heteroatoms. The Morgan fingerprint density at radius 2 is 1.57 bits per heavy atom. The van der Waals surface area contributed by atoms with Gasteiger partial charge in [-0.2, -0.15) is 0 Å². The molecule has 0 radical (unpaired) electrons. The van der Waals surface area contributed by atoms with Gasteiger partial charge in [0, 0.05) is 0 Å². The van der Waals surface area contributed by atoms with E-state index in [9.17, 15) is 18.0 Å². The average molecular weight is 392 g/mol. The fourth-order valence-electron chi connectivity index (χ4n) is 2.59. The summed E-state index contributed by atoms with van der Waals surface area (Å²) in [5.41, 5.74) is 1.16. The molecule has 150 valence electrons. The van der Waals surface area contributed by atoms with Crippen LogP contribution in [0.15, 0.2) is 61.2 Å². The number of carbonyl (C=O) groups excluding carboxylic acids is 1. The summed E-state index contributed by atoms with van der Waals surface area (Å²) < 4.78 is 48.5. The fraction of sp³-hybridized carbons (Fsp3) is 0.318. The highest BCUT2D eigenvalue weighted by Crippen LogP contribution is 2.26. The second kappa shape index (κ2) is 10.5. The topological polar surface area (TPSA) is 35.5 Å². The van der Waals surface area contributed by atoms with E-state index in [4.69, 9.17) is 0 Å². The molecule has 0 aromatic heterocycles. The first-order valence-corrected chi connectivity index (χ1v) is 9.11. The van der Waals surface area contributed by atoms with Gasteiger partial charge in [-0.15, -0.1) is 8.78 Å². The van der Waals surface area contributed by atoms with Crippen LogP contribution in [0.2, 0.25) is 0 Å². The third-order valence-corrected chi connectivity index (χ3v) is 4.09. The molecule has 0 saturated heterocycles. The van der Waals surface area contributed by atoms with Crippen molar-refractivity contribution in [3.8, 4) is 5.75 Å². The average Bonchev–Trinajstić information content (AvgIpc) is 2.68. The van der Waals surface area contributed by atoms with Crippen LogP contribution in [0.1, 0.15) is 36.8 Å². The predicted molar refractivity (Wildman–Crippen MR) is 102 cm³/mol. The third kappa shape index (κ3) is 7.10. The van der Waals surface area contributed by atoms with Gasteiger partial charge >= 0.3 is 12.3 Å². The molecule has 0 amide bonds. The van der Waals surface area contributed by atoms with Gasteiger partial charge in [-0.1, -0.05) is 61.9 Å². The smallest absolute Gasteiger partial charge is 0.399 e. The molecular formula is C22H23F3O3. The molecule has 0 spiro atoms. The van der Waals surface area contributed by atoms with E-state index in [1.165, 1.54) is 12.1 Å². The number of hydrogen-bond acceptors (Lipinski definition) is 3. The Balaban J connectivity index is 1.85. The maximum Gasteiger partial charge on any atom is 0.588 e. The van der Waals surface area contributed by atoms with E-state index in [2.05, 4.69) is 16.1 Å². The number of unbranched alkanes of at least 4 members (excludes halogenated alkanes) is 3. The normalized spacial score (nSPS) is 11.1. The maximum absolute atomic E-state index is 13.9. The number of hydrogen-bond donors (Lipinski definition) is 0. The minimum Gasteiger partial charge on any atom is -0.399 e. The largest absolute Gasteiger partial charge is 0.588 e. The Bertz CT molecular complexity index is 758. The first-order chi connectivity index (χ1) is 13.4. The lowest BCUT2D eigenvalue weighted by Gasteiger charge is -2.18. The van der Waals surface area contributed by atoms with E-state index in [-0.39, 0.29) is 18.0 Å². The molecule has 2 aromatic carbocycles. The van der Waals surface area contributed by atoms with E-state index >= 15 is 0 Å². The van der Waals surface area contributed by atoms with Gasteiger partial charge in [0.15, 0.2) is 0 Å². The zero-order valence-electron chi connectivity index (χ0n) is 15.5. The molecule has 28 heavy (non-hydrogen) atoms. The number of ether oxygens (including phenoxy) is 2. The highest BCUT2D eigenvalue weighted by Gasteiger charge is 2.39. The molecule has 0 aliphatic carbocycles. The minimum atomic E-state index is -4.12. The monoisotopic (exact) mass is 392 g/mol. The summed E-state index contributed by atoms with van der Waals surface area (Å²) in [5, 5.41) is 0. The lowest BCUT2D eigenvalue weighted by molar-refractivity contribution is -0.331. The van der Waals surface area contributed by atoms with Gasteiger partial charge in [0.2, 0.25) is 0 Å². The van der Waals surface area contributed by atoms with Crippen LogP contribution >= 0.6 is 0 Å². The molecule has 0 saturated carbocycles. The molecule has 0 aliphatic heterocycles. The van der Waals surface area contributed by atoms with Crippen LogP contribution in [0, 0.1) is 0 Å². The van der Waals surface area contributed by atoms with Crippen molar-refractivity contribution in [3.63, 3.8) is 0 Å². The summed E-state index contributed by atoms with van der Waals surface area (Å²) in [6.07, 6.45) is -0.130. The molecular weight excluding hydrogens is 369 g/mol. The Hall–Kier alpha value is -2.76. The number of halogens is 3. The van der Waals surface area contributed by atoms with Gasteiger partial charge in [-0.25, -0.2) is 4.79 Å². The van der Waals surface area contributed by atoms with Gasteiger partial charge in [0.1, 0.15) is 5.75 Å². The summed E-state index contributed by atoms with van der Waals surface area (Å²) in [6.45, 7) is 3.19. The molecule has 0 aliphatic rings. The zero-order chi connectivity index (χ0) is 20.4. The van der Waals surface area contributed by atoms with Crippen molar-refractivity contribution >= 4 is 11.5 Å². The Kier molecular flexibility index (Phi) is 8.11. The standard InChI is InChI=1S/C22H23F3O3/c1-17(19-10-6-4-7-11-19)21(26)28-22(24,25)27-20-14-12-18(13-15-20)9-5-2-3-8-16-23/h4,6-7,10-15H,1-3,5,8-9,16H2. The van der Waals surface area contributed by atoms with Crippen LogP contribution in [0.5, 0.6) is 5.75 Å². The molecule has 0 heterocycles. The molecule has 2 rings (SSSR count). The van der Waals surface area contributed by atoms with Crippen LogP contribution < -0.4 is 4.74 Å². The number of benzene rings is 2. The fourth-order valence-corrected chi connectivity index (χ4v) is 2.59.